The summed E-state index contributed by atoms with van der Waals surface area (Å²) in [5.41, 5.74) is 0.594. The van der Waals surface area contributed by atoms with Crippen molar-refractivity contribution >= 4 is 22.8 Å². The van der Waals surface area contributed by atoms with Crippen LogP contribution in [0.4, 0.5) is 5.82 Å². The molecule has 3 aromatic heterocycles. The van der Waals surface area contributed by atoms with Gasteiger partial charge in [-0.3, -0.25) is 4.79 Å². The van der Waals surface area contributed by atoms with Crippen LogP contribution in [0.3, 0.4) is 0 Å². The van der Waals surface area contributed by atoms with Gasteiger partial charge in [0.15, 0.2) is 5.65 Å². The summed E-state index contributed by atoms with van der Waals surface area (Å²) < 4.78 is 17.5. The van der Waals surface area contributed by atoms with E-state index in [4.69, 9.17) is 13.9 Å². The molecule has 0 spiro atoms. The van der Waals surface area contributed by atoms with Gasteiger partial charge in [0.25, 0.3) is 0 Å². The highest BCUT2D eigenvalue weighted by molar-refractivity contribution is 5.87. The fourth-order valence-electron chi connectivity index (χ4n) is 2.92. The van der Waals surface area contributed by atoms with Crippen molar-refractivity contribution in [1.29, 1.82) is 0 Å². The molecule has 0 amide bonds. The van der Waals surface area contributed by atoms with E-state index in [1.165, 1.54) is 18.1 Å². The third-order valence-corrected chi connectivity index (χ3v) is 4.15. The van der Waals surface area contributed by atoms with E-state index in [-0.39, 0.29) is 18.6 Å². The van der Waals surface area contributed by atoms with E-state index in [0.29, 0.717) is 25.3 Å². The average molecular weight is 343 g/mol. The number of fused-ring (bicyclic) bond motifs is 1. The summed E-state index contributed by atoms with van der Waals surface area (Å²) >= 11 is 0. The SMILES string of the molecule is COC(=O)Cn1ncc2c(N3CCOC(c4ccco4)C3)ncnc21. The van der Waals surface area contributed by atoms with Crippen molar-refractivity contribution in [3.05, 3.63) is 36.7 Å². The van der Waals surface area contributed by atoms with Gasteiger partial charge < -0.3 is 18.8 Å². The number of furan rings is 1. The van der Waals surface area contributed by atoms with Gasteiger partial charge in [0, 0.05) is 6.54 Å². The summed E-state index contributed by atoms with van der Waals surface area (Å²) in [5.74, 6) is 1.17. The molecule has 4 heterocycles. The van der Waals surface area contributed by atoms with Crippen LogP contribution < -0.4 is 4.90 Å². The van der Waals surface area contributed by atoms with Crippen molar-refractivity contribution in [1.82, 2.24) is 19.7 Å². The summed E-state index contributed by atoms with van der Waals surface area (Å²) in [6.45, 7) is 1.88. The zero-order chi connectivity index (χ0) is 17.2. The lowest BCUT2D eigenvalue weighted by molar-refractivity contribution is -0.141. The van der Waals surface area contributed by atoms with Gasteiger partial charge in [-0.25, -0.2) is 14.6 Å². The lowest BCUT2D eigenvalue weighted by Gasteiger charge is -2.32. The van der Waals surface area contributed by atoms with Gasteiger partial charge >= 0.3 is 5.97 Å². The smallest absolute Gasteiger partial charge is 0.327 e. The average Bonchev–Trinajstić information content (AvgIpc) is 3.32. The number of aromatic nitrogens is 4. The van der Waals surface area contributed by atoms with Crippen LogP contribution in [0, 0.1) is 0 Å². The molecule has 130 valence electrons. The van der Waals surface area contributed by atoms with Gasteiger partial charge in [0.2, 0.25) is 0 Å². The molecule has 3 aromatic rings. The molecule has 0 aromatic carbocycles. The number of carbonyl (C=O) groups is 1. The third kappa shape index (κ3) is 2.93. The minimum Gasteiger partial charge on any atom is -0.468 e. The molecule has 1 fully saturated rings. The van der Waals surface area contributed by atoms with Crippen molar-refractivity contribution < 1.29 is 18.7 Å². The van der Waals surface area contributed by atoms with Gasteiger partial charge in [-0.1, -0.05) is 0 Å². The molecule has 1 unspecified atom stereocenters. The normalized spacial score (nSPS) is 17.8. The first-order valence-corrected chi connectivity index (χ1v) is 7.89. The van der Waals surface area contributed by atoms with E-state index in [0.717, 1.165) is 17.0 Å². The van der Waals surface area contributed by atoms with E-state index < -0.39 is 0 Å². The first-order chi connectivity index (χ1) is 12.3. The zero-order valence-electron chi connectivity index (χ0n) is 13.7. The summed E-state index contributed by atoms with van der Waals surface area (Å²) in [7, 11) is 1.34. The van der Waals surface area contributed by atoms with Crippen LogP contribution in [0.15, 0.2) is 35.3 Å². The Bertz CT molecular complexity index is 876. The van der Waals surface area contributed by atoms with Gasteiger partial charge in [0.1, 0.15) is 30.6 Å². The molecule has 25 heavy (non-hydrogen) atoms. The number of methoxy groups -OCH3 is 1. The molecular weight excluding hydrogens is 326 g/mol. The minimum absolute atomic E-state index is 0.00852. The maximum Gasteiger partial charge on any atom is 0.327 e. The van der Waals surface area contributed by atoms with Crippen molar-refractivity contribution in [2.45, 2.75) is 12.6 Å². The van der Waals surface area contributed by atoms with Crippen molar-refractivity contribution in [2.75, 3.05) is 31.7 Å². The molecule has 1 aliphatic heterocycles. The number of hydrogen-bond acceptors (Lipinski definition) is 8. The zero-order valence-corrected chi connectivity index (χ0v) is 13.7. The van der Waals surface area contributed by atoms with Crippen molar-refractivity contribution in [3.63, 3.8) is 0 Å². The molecule has 0 radical (unpaired) electrons. The van der Waals surface area contributed by atoms with Crippen LogP contribution in [0.2, 0.25) is 0 Å². The lowest BCUT2D eigenvalue weighted by atomic mass is 10.2. The molecule has 0 saturated carbocycles. The standard InChI is InChI=1S/C16H17N5O4/c1-23-14(22)9-21-16-11(7-19-21)15(17-10-18-16)20-4-6-25-13(8-20)12-3-2-5-24-12/h2-3,5,7,10,13H,4,6,8-9H2,1H3. The van der Waals surface area contributed by atoms with Gasteiger partial charge in [-0.05, 0) is 12.1 Å². The second kappa shape index (κ2) is 6.52. The fraction of sp³-hybridized carbons (Fsp3) is 0.375. The Morgan fingerprint density at radius 2 is 2.36 bits per heavy atom. The number of esters is 1. The molecule has 1 atom stereocenters. The number of carbonyl (C=O) groups excluding carboxylic acids is 1. The molecule has 9 heteroatoms. The second-order valence-corrected chi connectivity index (χ2v) is 5.63. The number of morpholine rings is 1. The first kappa shape index (κ1) is 15.6. The Morgan fingerprint density at radius 1 is 1.44 bits per heavy atom. The monoisotopic (exact) mass is 343 g/mol. The molecule has 0 N–H and O–H groups in total. The predicted octanol–water partition coefficient (Wildman–Crippen LogP) is 1.17. The predicted molar refractivity (Wildman–Crippen MR) is 87.0 cm³/mol. The summed E-state index contributed by atoms with van der Waals surface area (Å²) in [6.07, 6.45) is 4.63. The van der Waals surface area contributed by atoms with Crippen LogP contribution in [-0.4, -0.2) is 52.5 Å². The molecule has 1 aliphatic rings. The Kier molecular flexibility index (Phi) is 4.06. The van der Waals surface area contributed by atoms with E-state index in [2.05, 4.69) is 20.0 Å². The summed E-state index contributed by atoms with van der Waals surface area (Å²) in [4.78, 5) is 22.3. The van der Waals surface area contributed by atoms with Gasteiger partial charge in [-0.2, -0.15) is 5.10 Å². The maximum absolute atomic E-state index is 11.5. The number of rotatable bonds is 4. The number of nitrogens with zero attached hydrogens (tertiary/aromatic N) is 5. The summed E-state index contributed by atoms with van der Waals surface area (Å²) in [6, 6.07) is 3.75. The minimum atomic E-state index is -0.380. The van der Waals surface area contributed by atoms with Gasteiger partial charge in [-0.15, -0.1) is 0 Å². The first-order valence-electron chi connectivity index (χ1n) is 7.89. The Labute approximate surface area is 143 Å². The van der Waals surface area contributed by atoms with E-state index in [1.54, 1.807) is 12.5 Å². The molecule has 9 nitrogen and oxygen atoms in total. The van der Waals surface area contributed by atoms with E-state index in [9.17, 15) is 4.79 Å². The van der Waals surface area contributed by atoms with Crippen LogP contribution >= 0.6 is 0 Å². The van der Waals surface area contributed by atoms with Gasteiger partial charge in [0.05, 0.1) is 38.1 Å². The third-order valence-electron chi connectivity index (χ3n) is 4.15. The molecular formula is C16H17N5O4. The number of hydrogen-bond donors (Lipinski definition) is 0. The topological polar surface area (TPSA) is 95.5 Å². The fourth-order valence-corrected chi connectivity index (χ4v) is 2.92. The van der Waals surface area contributed by atoms with Crippen molar-refractivity contribution in [3.8, 4) is 0 Å². The van der Waals surface area contributed by atoms with Crippen LogP contribution in [0.1, 0.15) is 11.9 Å². The molecule has 0 bridgehead atoms. The van der Waals surface area contributed by atoms with Crippen molar-refractivity contribution in [2.24, 2.45) is 0 Å². The summed E-state index contributed by atoms with van der Waals surface area (Å²) in [5, 5.41) is 5.03. The highest BCUT2D eigenvalue weighted by Gasteiger charge is 2.26. The molecule has 4 rings (SSSR count). The Balaban J connectivity index is 1.63. The second-order valence-electron chi connectivity index (χ2n) is 5.63. The maximum atomic E-state index is 11.5. The quantitative estimate of drug-likeness (QED) is 0.652. The number of ether oxygens (including phenoxy) is 2. The van der Waals surface area contributed by atoms with E-state index in [1.807, 2.05) is 12.1 Å². The Morgan fingerprint density at radius 3 is 3.16 bits per heavy atom. The highest BCUT2D eigenvalue weighted by Crippen LogP contribution is 2.29. The van der Waals surface area contributed by atoms with E-state index >= 15 is 0 Å². The highest BCUT2D eigenvalue weighted by atomic mass is 16.5. The molecule has 1 saturated heterocycles. The van der Waals surface area contributed by atoms with Crippen LogP contribution in [0.25, 0.3) is 11.0 Å². The Hall–Kier alpha value is -2.94. The lowest BCUT2D eigenvalue weighted by Crippen LogP contribution is -2.38. The van der Waals surface area contributed by atoms with Crippen LogP contribution in [0.5, 0.6) is 0 Å². The molecule has 0 aliphatic carbocycles. The largest absolute Gasteiger partial charge is 0.468 e. The van der Waals surface area contributed by atoms with Crippen LogP contribution in [-0.2, 0) is 20.8 Å². The number of anilines is 1.